The van der Waals surface area contributed by atoms with Crippen LogP contribution in [0.4, 0.5) is 0 Å². The first-order valence-electron chi connectivity index (χ1n) is 7.02. The summed E-state index contributed by atoms with van der Waals surface area (Å²) in [6.07, 6.45) is 5.24. The molecule has 4 unspecified atom stereocenters. The lowest BCUT2D eigenvalue weighted by atomic mass is 9.80. The van der Waals surface area contributed by atoms with Crippen LogP contribution in [0.3, 0.4) is 0 Å². The average molecular weight is 224 g/mol. The third-order valence-corrected chi connectivity index (χ3v) is 4.25. The van der Waals surface area contributed by atoms with E-state index >= 15 is 0 Å². The summed E-state index contributed by atoms with van der Waals surface area (Å²) in [6, 6.07) is 0. The van der Waals surface area contributed by atoms with Gasteiger partial charge in [-0.15, -0.1) is 6.58 Å². The van der Waals surface area contributed by atoms with Gasteiger partial charge in [-0.1, -0.05) is 59.5 Å². The summed E-state index contributed by atoms with van der Waals surface area (Å²) >= 11 is 0. The Labute approximate surface area is 104 Å². The van der Waals surface area contributed by atoms with Crippen molar-refractivity contribution in [3.05, 3.63) is 12.2 Å². The largest absolute Gasteiger partial charge is 0.100 e. The molecular weight excluding hydrogens is 192 g/mol. The highest BCUT2D eigenvalue weighted by atomic mass is 14.2. The van der Waals surface area contributed by atoms with Gasteiger partial charge in [0.2, 0.25) is 0 Å². The van der Waals surface area contributed by atoms with E-state index in [2.05, 4.69) is 48.1 Å². The standard InChI is InChI=1S/C16H32/c1-8-14(5)16(7)15(6)10-9-13(4)11-12(2)3/h13-16H,2,8-11H2,1,3-7H3. The molecule has 4 atom stereocenters. The van der Waals surface area contributed by atoms with E-state index in [4.69, 9.17) is 0 Å². The van der Waals surface area contributed by atoms with Crippen molar-refractivity contribution in [2.24, 2.45) is 23.7 Å². The normalized spacial score (nSPS) is 18.9. The zero-order chi connectivity index (χ0) is 12.7. The molecule has 0 N–H and O–H groups in total. The molecule has 0 saturated carbocycles. The fraction of sp³-hybridized carbons (Fsp3) is 0.875. The van der Waals surface area contributed by atoms with Gasteiger partial charge in [-0.2, -0.15) is 0 Å². The maximum Gasteiger partial charge on any atom is -0.0300 e. The second-order valence-corrected chi connectivity index (χ2v) is 6.07. The molecule has 0 fully saturated rings. The van der Waals surface area contributed by atoms with E-state index in [0.717, 1.165) is 23.7 Å². The number of rotatable bonds is 8. The molecule has 0 nitrogen and oxygen atoms in total. The Morgan fingerprint density at radius 1 is 1.00 bits per heavy atom. The quantitative estimate of drug-likeness (QED) is 0.465. The Balaban J connectivity index is 3.87. The van der Waals surface area contributed by atoms with Crippen LogP contribution in [0.2, 0.25) is 0 Å². The van der Waals surface area contributed by atoms with Crippen molar-refractivity contribution in [2.45, 2.75) is 67.2 Å². The van der Waals surface area contributed by atoms with Crippen LogP contribution in [-0.2, 0) is 0 Å². The van der Waals surface area contributed by atoms with E-state index in [1.54, 1.807) is 0 Å². The SMILES string of the molecule is C=C(C)CC(C)CCC(C)C(C)C(C)CC. The molecule has 0 aromatic heterocycles. The Bertz CT molecular complexity index is 192. The molecular formula is C16H32. The third-order valence-electron chi connectivity index (χ3n) is 4.25. The van der Waals surface area contributed by atoms with Crippen LogP contribution in [0.15, 0.2) is 12.2 Å². The van der Waals surface area contributed by atoms with Crippen molar-refractivity contribution in [3.8, 4) is 0 Å². The first-order chi connectivity index (χ1) is 7.38. The second kappa shape index (κ2) is 7.92. The van der Waals surface area contributed by atoms with Gasteiger partial charge in [0, 0.05) is 0 Å². The predicted octanol–water partition coefficient (Wildman–Crippen LogP) is 5.69. The van der Waals surface area contributed by atoms with Gasteiger partial charge >= 0.3 is 0 Å². The molecule has 0 aliphatic rings. The second-order valence-electron chi connectivity index (χ2n) is 6.07. The van der Waals surface area contributed by atoms with Gasteiger partial charge in [0.25, 0.3) is 0 Å². The highest BCUT2D eigenvalue weighted by Crippen LogP contribution is 2.28. The molecule has 0 aromatic rings. The van der Waals surface area contributed by atoms with Gasteiger partial charge in [0.1, 0.15) is 0 Å². The molecule has 0 radical (unpaired) electrons. The van der Waals surface area contributed by atoms with Crippen molar-refractivity contribution in [3.63, 3.8) is 0 Å². The van der Waals surface area contributed by atoms with Gasteiger partial charge in [0.05, 0.1) is 0 Å². The van der Waals surface area contributed by atoms with Crippen LogP contribution in [0.25, 0.3) is 0 Å². The fourth-order valence-electron chi connectivity index (χ4n) is 2.44. The minimum Gasteiger partial charge on any atom is -0.100 e. The van der Waals surface area contributed by atoms with Gasteiger partial charge < -0.3 is 0 Å². The summed E-state index contributed by atoms with van der Waals surface area (Å²) in [6.45, 7) is 18.0. The molecule has 0 aliphatic heterocycles. The lowest BCUT2D eigenvalue weighted by Crippen LogP contribution is -2.16. The maximum atomic E-state index is 4.00. The summed E-state index contributed by atoms with van der Waals surface area (Å²) in [5.41, 5.74) is 1.33. The van der Waals surface area contributed by atoms with E-state index in [1.807, 2.05) is 0 Å². The lowest BCUT2D eigenvalue weighted by Gasteiger charge is -2.26. The fourth-order valence-corrected chi connectivity index (χ4v) is 2.44. The van der Waals surface area contributed by atoms with Crippen LogP contribution >= 0.6 is 0 Å². The molecule has 0 saturated heterocycles. The molecule has 0 bridgehead atoms. The number of allylic oxidation sites excluding steroid dienone is 1. The molecule has 16 heavy (non-hydrogen) atoms. The smallest absolute Gasteiger partial charge is 0.0300 e. The van der Waals surface area contributed by atoms with Crippen LogP contribution < -0.4 is 0 Å². The minimum absolute atomic E-state index is 0.809. The minimum atomic E-state index is 0.809. The first-order valence-corrected chi connectivity index (χ1v) is 7.02. The van der Waals surface area contributed by atoms with Gasteiger partial charge in [-0.3, -0.25) is 0 Å². The highest BCUT2D eigenvalue weighted by Gasteiger charge is 2.18. The molecule has 0 spiro atoms. The summed E-state index contributed by atoms with van der Waals surface area (Å²) in [4.78, 5) is 0. The van der Waals surface area contributed by atoms with Crippen LogP contribution in [0.5, 0.6) is 0 Å². The molecule has 0 aliphatic carbocycles. The molecule has 0 heterocycles. The Kier molecular flexibility index (Phi) is 7.80. The van der Waals surface area contributed by atoms with Crippen molar-refractivity contribution < 1.29 is 0 Å². The monoisotopic (exact) mass is 224 g/mol. The summed E-state index contributed by atoms with van der Waals surface area (Å²) in [5.74, 6) is 3.40. The van der Waals surface area contributed by atoms with Crippen LogP contribution in [-0.4, -0.2) is 0 Å². The number of hydrogen-bond acceptors (Lipinski definition) is 0. The summed E-state index contributed by atoms with van der Waals surface area (Å²) in [7, 11) is 0. The van der Waals surface area contributed by atoms with E-state index in [9.17, 15) is 0 Å². The predicted molar refractivity (Wildman–Crippen MR) is 75.6 cm³/mol. The maximum absolute atomic E-state index is 4.00. The molecule has 0 heteroatoms. The van der Waals surface area contributed by atoms with Gasteiger partial charge in [-0.05, 0) is 37.0 Å². The first kappa shape index (κ1) is 15.7. The molecule has 96 valence electrons. The van der Waals surface area contributed by atoms with Gasteiger partial charge in [0.15, 0.2) is 0 Å². The Hall–Kier alpha value is -0.260. The summed E-state index contributed by atoms with van der Waals surface area (Å²) < 4.78 is 0. The molecule has 0 rings (SSSR count). The van der Waals surface area contributed by atoms with Crippen molar-refractivity contribution in [1.82, 2.24) is 0 Å². The van der Waals surface area contributed by atoms with E-state index in [1.165, 1.54) is 31.3 Å². The van der Waals surface area contributed by atoms with Crippen molar-refractivity contribution >= 4 is 0 Å². The van der Waals surface area contributed by atoms with Crippen LogP contribution in [0.1, 0.15) is 67.2 Å². The van der Waals surface area contributed by atoms with E-state index in [-0.39, 0.29) is 0 Å². The lowest BCUT2D eigenvalue weighted by molar-refractivity contribution is 0.247. The van der Waals surface area contributed by atoms with E-state index < -0.39 is 0 Å². The van der Waals surface area contributed by atoms with Crippen molar-refractivity contribution in [2.75, 3.05) is 0 Å². The summed E-state index contributed by atoms with van der Waals surface area (Å²) in [5, 5.41) is 0. The third kappa shape index (κ3) is 6.35. The van der Waals surface area contributed by atoms with Crippen molar-refractivity contribution in [1.29, 1.82) is 0 Å². The van der Waals surface area contributed by atoms with Crippen LogP contribution in [0, 0.1) is 23.7 Å². The Morgan fingerprint density at radius 2 is 1.56 bits per heavy atom. The average Bonchev–Trinajstić information content (AvgIpc) is 2.22. The number of hydrogen-bond donors (Lipinski definition) is 0. The molecule has 0 amide bonds. The van der Waals surface area contributed by atoms with Gasteiger partial charge in [-0.25, -0.2) is 0 Å². The molecule has 0 aromatic carbocycles. The zero-order valence-electron chi connectivity index (χ0n) is 12.3. The highest BCUT2D eigenvalue weighted by molar-refractivity contribution is 4.89. The zero-order valence-corrected chi connectivity index (χ0v) is 12.3. The van der Waals surface area contributed by atoms with E-state index in [0.29, 0.717) is 0 Å². The Morgan fingerprint density at radius 3 is 2.00 bits per heavy atom. The topological polar surface area (TPSA) is 0 Å².